The van der Waals surface area contributed by atoms with Crippen molar-refractivity contribution in [2.24, 2.45) is 5.92 Å². The van der Waals surface area contributed by atoms with E-state index in [-0.39, 0.29) is 0 Å². The fraction of sp³-hybridized carbons (Fsp3) is 0.643. The molecule has 94 valence electrons. The normalized spacial score (nSPS) is 24.6. The summed E-state index contributed by atoms with van der Waals surface area (Å²) in [4.78, 5) is 4.27. The first-order valence-electron chi connectivity index (χ1n) is 6.48. The lowest BCUT2D eigenvalue weighted by atomic mass is 9.85. The molecule has 0 unspecified atom stereocenters. The minimum absolute atomic E-state index is 0.304. The van der Waals surface area contributed by atoms with Crippen LogP contribution in [-0.4, -0.2) is 22.8 Å². The largest absolute Gasteiger partial charge is 0.474 e. The van der Waals surface area contributed by atoms with E-state index in [9.17, 15) is 0 Å². The number of hydrogen-bond acceptors (Lipinski definition) is 3. The van der Waals surface area contributed by atoms with Gasteiger partial charge in [-0.2, -0.15) is 0 Å². The number of pyridine rings is 1. The summed E-state index contributed by atoms with van der Waals surface area (Å²) < 4.78 is 5.94. The summed E-state index contributed by atoms with van der Waals surface area (Å²) in [6, 6.07) is 3.96. The lowest BCUT2D eigenvalue weighted by Gasteiger charge is -2.28. The smallest absolute Gasteiger partial charge is 0.216 e. The van der Waals surface area contributed by atoms with Crippen LogP contribution >= 0.6 is 0 Å². The first kappa shape index (κ1) is 12.4. The van der Waals surface area contributed by atoms with Crippen molar-refractivity contribution in [3.8, 4) is 5.88 Å². The molecule has 1 fully saturated rings. The second kappa shape index (κ2) is 6.01. The maximum Gasteiger partial charge on any atom is 0.216 e. The Morgan fingerprint density at radius 3 is 2.76 bits per heavy atom. The molecule has 0 bridgehead atoms. The summed E-state index contributed by atoms with van der Waals surface area (Å²) in [6.07, 6.45) is 7.52. The fourth-order valence-corrected chi connectivity index (χ4v) is 2.47. The third-order valence-electron chi connectivity index (χ3n) is 3.57. The van der Waals surface area contributed by atoms with Gasteiger partial charge in [0.05, 0.1) is 0 Å². The second-order valence-corrected chi connectivity index (χ2v) is 4.90. The number of aryl methyl sites for hydroxylation is 1. The minimum atomic E-state index is 0.304. The summed E-state index contributed by atoms with van der Waals surface area (Å²) in [5.41, 5.74) is 1.10. The topological polar surface area (TPSA) is 42.4 Å². The van der Waals surface area contributed by atoms with Crippen molar-refractivity contribution in [3.63, 3.8) is 0 Å². The fourth-order valence-electron chi connectivity index (χ4n) is 2.47. The van der Waals surface area contributed by atoms with E-state index >= 15 is 0 Å². The molecule has 3 nitrogen and oxygen atoms in total. The van der Waals surface area contributed by atoms with Gasteiger partial charge >= 0.3 is 0 Å². The lowest BCUT2D eigenvalue weighted by molar-refractivity contribution is 0.115. The Labute approximate surface area is 103 Å². The van der Waals surface area contributed by atoms with Crippen LogP contribution in [0.5, 0.6) is 5.88 Å². The molecule has 2 rings (SSSR count). The number of hydrogen-bond donors (Lipinski definition) is 1. The highest BCUT2D eigenvalue weighted by Gasteiger charge is 2.22. The van der Waals surface area contributed by atoms with Gasteiger partial charge in [-0.1, -0.05) is 6.07 Å². The van der Waals surface area contributed by atoms with E-state index < -0.39 is 0 Å². The molecule has 1 aromatic heterocycles. The van der Waals surface area contributed by atoms with Crippen LogP contribution in [0.1, 0.15) is 37.7 Å². The molecule has 1 heterocycles. The standard InChI is InChI=1S/C14H21NO2/c1-11-3-2-9-15-14(11)17-13-6-4-12(5-7-13)8-10-16/h2-3,9,12-13,16H,4-8,10H2,1H3/t12-,13+. The molecule has 1 saturated carbocycles. The first-order chi connectivity index (χ1) is 8.29. The molecule has 1 aromatic rings. The molecule has 0 aromatic carbocycles. The molecular weight excluding hydrogens is 214 g/mol. The van der Waals surface area contributed by atoms with Gasteiger partial charge in [-0.05, 0) is 51.0 Å². The van der Waals surface area contributed by atoms with E-state index in [0.29, 0.717) is 18.6 Å². The molecule has 0 amide bonds. The number of aliphatic hydroxyl groups is 1. The highest BCUT2D eigenvalue weighted by atomic mass is 16.5. The third-order valence-corrected chi connectivity index (χ3v) is 3.57. The number of aliphatic hydroxyl groups excluding tert-OH is 1. The van der Waals surface area contributed by atoms with Gasteiger partial charge in [0.2, 0.25) is 5.88 Å². The van der Waals surface area contributed by atoms with Crippen molar-refractivity contribution in [1.29, 1.82) is 0 Å². The maximum absolute atomic E-state index is 8.91. The van der Waals surface area contributed by atoms with Crippen LogP contribution in [-0.2, 0) is 0 Å². The Morgan fingerprint density at radius 1 is 1.35 bits per heavy atom. The van der Waals surface area contributed by atoms with Crippen LogP contribution in [0.2, 0.25) is 0 Å². The zero-order valence-electron chi connectivity index (χ0n) is 10.4. The zero-order valence-corrected chi connectivity index (χ0v) is 10.4. The molecule has 17 heavy (non-hydrogen) atoms. The number of nitrogens with zero attached hydrogens (tertiary/aromatic N) is 1. The zero-order chi connectivity index (χ0) is 12.1. The summed E-state index contributed by atoms with van der Waals surface area (Å²) in [6.45, 7) is 2.34. The van der Waals surface area contributed by atoms with Crippen molar-refractivity contribution >= 4 is 0 Å². The van der Waals surface area contributed by atoms with Crippen LogP contribution in [0, 0.1) is 12.8 Å². The molecule has 1 N–H and O–H groups in total. The van der Waals surface area contributed by atoms with Crippen LogP contribution in [0.25, 0.3) is 0 Å². The van der Waals surface area contributed by atoms with Gasteiger partial charge in [0.15, 0.2) is 0 Å². The molecule has 3 heteroatoms. The van der Waals surface area contributed by atoms with E-state index in [1.807, 2.05) is 19.1 Å². The van der Waals surface area contributed by atoms with E-state index in [1.54, 1.807) is 6.20 Å². The average molecular weight is 235 g/mol. The van der Waals surface area contributed by atoms with Gasteiger partial charge in [-0.3, -0.25) is 0 Å². The molecule has 0 aliphatic heterocycles. The Morgan fingerprint density at radius 2 is 2.12 bits per heavy atom. The quantitative estimate of drug-likeness (QED) is 0.872. The summed E-state index contributed by atoms with van der Waals surface area (Å²) >= 11 is 0. The average Bonchev–Trinajstić information content (AvgIpc) is 2.35. The van der Waals surface area contributed by atoms with Gasteiger partial charge in [0.1, 0.15) is 6.10 Å². The first-order valence-corrected chi connectivity index (χ1v) is 6.48. The van der Waals surface area contributed by atoms with Crippen LogP contribution in [0.3, 0.4) is 0 Å². The van der Waals surface area contributed by atoms with Gasteiger partial charge in [-0.25, -0.2) is 4.98 Å². The molecule has 1 aliphatic rings. The molecular formula is C14H21NO2. The molecule has 0 spiro atoms. The van der Waals surface area contributed by atoms with Crippen molar-refractivity contribution in [3.05, 3.63) is 23.9 Å². The summed E-state index contributed by atoms with van der Waals surface area (Å²) in [5.74, 6) is 1.46. The predicted molar refractivity (Wildman–Crippen MR) is 67.1 cm³/mol. The van der Waals surface area contributed by atoms with Gasteiger partial charge in [0, 0.05) is 18.4 Å². The number of aromatic nitrogens is 1. The predicted octanol–water partition coefficient (Wildman–Crippen LogP) is 2.71. The molecule has 0 radical (unpaired) electrons. The second-order valence-electron chi connectivity index (χ2n) is 4.90. The SMILES string of the molecule is Cc1cccnc1O[C@H]1CC[C@@H](CCO)CC1. The van der Waals surface area contributed by atoms with Crippen molar-refractivity contribution in [2.45, 2.75) is 45.1 Å². The lowest BCUT2D eigenvalue weighted by Crippen LogP contribution is -2.25. The monoisotopic (exact) mass is 235 g/mol. The van der Waals surface area contributed by atoms with E-state index in [2.05, 4.69) is 4.98 Å². The van der Waals surface area contributed by atoms with E-state index in [4.69, 9.17) is 9.84 Å². The molecule has 0 atom stereocenters. The summed E-state index contributed by atoms with van der Waals surface area (Å²) in [7, 11) is 0. The molecule has 1 aliphatic carbocycles. The van der Waals surface area contributed by atoms with Crippen LogP contribution < -0.4 is 4.74 Å². The van der Waals surface area contributed by atoms with Crippen molar-refractivity contribution in [1.82, 2.24) is 4.98 Å². The summed E-state index contributed by atoms with van der Waals surface area (Å²) in [5, 5.41) is 8.91. The van der Waals surface area contributed by atoms with Gasteiger partial charge in [0.25, 0.3) is 0 Å². The Kier molecular flexibility index (Phi) is 4.37. The van der Waals surface area contributed by atoms with Crippen molar-refractivity contribution in [2.75, 3.05) is 6.61 Å². The Hall–Kier alpha value is -1.09. The molecule has 0 saturated heterocycles. The Balaban J connectivity index is 1.84. The number of ether oxygens (including phenoxy) is 1. The highest BCUT2D eigenvalue weighted by Crippen LogP contribution is 2.29. The minimum Gasteiger partial charge on any atom is -0.474 e. The Bertz CT molecular complexity index is 346. The van der Waals surface area contributed by atoms with Crippen molar-refractivity contribution < 1.29 is 9.84 Å². The maximum atomic E-state index is 8.91. The van der Waals surface area contributed by atoms with Crippen LogP contribution in [0.15, 0.2) is 18.3 Å². The number of rotatable bonds is 4. The van der Waals surface area contributed by atoms with Crippen LogP contribution in [0.4, 0.5) is 0 Å². The van der Waals surface area contributed by atoms with E-state index in [1.165, 1.54) is 0 Å². The third kappa shape index (κ3) is 3.43. The van der Waals surface area contributed by atoms with Gasteiger partial charge < -0.3 is 9.84 Å². The van der Waals surface area contributed by atoms with E-state index in [0.717, 1.165) is 43.5 Å². The highest BCUT2D eigenvalue weighted by molar-refractivity contribution is 5.23. The van der Waals surface area contributed by atoms with Gasteiger partial charge in [-0.15, -0.1) is 0 Å².